The van der Waals surface area contributed by atoms with E-state index in [4.69, 9.17) is 5.26 Å². The number of aryl methyl sites for hydroxylation is 1. The van der Waals surface area contributed by atoms with E-state index in [1.165, 1.54) is 0 Å². The summed E-state index contributed by atoms with van der Waals surface area (Å²) in [6.07, 6.45) is 1.58. The first-order valence-corrected chi connectivity index (χ1v) is 8.02. The van der Waals surface area contributed by atoms with Crippen LogP contribution in [0.5, 0.6) is 0 Å². The first kappa shape index (κ1) is 15.9. The second kappa shape index (κ2) is 7.09. The minimum absolute atomic E-state index is 0.00435. The van der Waals surface area contributed by atoms with Gasteiger partial charge in [0.25, 0.3) is 0 Å². The number of rotatable bonds is 3. The van der Waals surface area contributed by atoms with Gasteiger partial charge in [-0.1, -0.05) is 0 Å². The smallest absolute Gasteiger partial charge is 0.227 e. The van der Waals surface area contributed by atoms with E-state index in [-0.39, 0.29) is 11.8 Å². The van der Waals surface area contributed by atoms with Crippen molar-refractivity contribution < 1.29 is 4.79 Å². The molecule has 1 aliphatic rings. The van der Waals surface area contributed by atoms with Crippen LogP contribution in [0, 0.1) is 24.2 Å². The van der Waals surface area contributed by atoms with Crippen molar-refractivity contribution >= 4 is 17.4 Å². The number of nitrogens with zero attached hydrogens (tertiary/aromatic N) is 4. The van der Waals surface area contributed by atoms with E-state index in [2.05, 4.69) is 26.5 Å². The number of hydrogen-bond acceptors (Lipinski definition) is 5. The van der Waals surface area contributed by atoms with Gasteiger partial charge in [-0.2, -0.15) is 10.4 Å². The van der Waals surface area contributed by atoms with Crippen molar-refractivity contribution in [3.63, 3.8) is 0 Å². The fourth-order valence-corrected chi connectivity index (χ4v) is 2.80. The average molecular weight is 321 g/mol. The maximum Gasteiger partial charge on any atom is 0.227 e. The number of carbonyl (C=O) groups is 1. The molecular weight excluding hydrogens is 302 g/mol. The van der Waals surface area contributed by atoms with Gasteiger partial charge >= 0.3 is 0 Å². The summed E-state index contributed by atoms with van der Waals surface area (Å²) in [6, 6.07) is 12.9. The van der Waals surface area contributed by atoms with Crippen molar-refractivity contribution in [1.29, 1.82) is 5.26 Å². The molecule has 3 rings (SSSR count). The maximum atomic E-state index is 12.4. The Kier molecular flexibility index (Phi) is 4.71. The minimum atomic E-state index is -0.00435. The number of piperidine rings is 1. The van der Waals surface area contributed by atoms with Crippen molar-refractivity contribution in [3.8, 4) is 6.07 Å². The van der Waals surface area contributed by atoms with E-state index in [0.717, 1.165) is 43.1 Å². The van der Waals surface area contributed by atoms with Crippen LogP contribution < -0.4 is 10.2 Å². The van der Waals surface area contributed by atoms with Gasteiger partial charge in [-0.25, -0.2) is 0 Å². The summed E-state index contributed by atoms with van der Waals surface area (Å²) >= 11 is 0. The Morgan fingerprint density at radius 3 is 2.46 bits per heavy atom. The molecule has 0 unspecified atom stereocenters. The van der Waals surface area contributed by atoms with Crippen molar-refractivity contribution in [1.82, 2.24) is 10.2 Å². The van der Waals surface area contributed by atoms with Crippen LogP contribution in [0.15, 0.2) is 36.4 Å². The Morgan fingerprint density at radius 1 is 1.17 bits per heavy atom. The summed E-state index contributed by atoms with van der Waals surface area (Å²) in [5.41, 5.74) is 2.21. The lowest BCUT2D eigenvalue weighted by molar-refractivity contribution is -0.120. The standard InChI is InChI=1S/C18H19N5O/c1-13-2-7-17(22-21-13)23-10-8-15(9-11-23)18(24)20-16-5-3-14(12-19)4-6-16/h2-7,15H,8-11H2,1H3,(H,20,24). The lowest BCUT2D eigenvalue weighted by Crippen LogP contribution is -2.38. The predicted octanol–water partition coefficient (Wildman–Crippen LogP) is 2.51. The monoisotopic (exact) mass is 321 g/mol. The van der Waals surface area contributed by atoms with Crippen LogP contribution in [0.1, 0.15) is 24.1 Å². The average Bonchev–Trinajstić information content (AvgIpc) is 2.63. The summed E-state index contributed by atoms with van der Waals surface area (Å²) in [5, 5.41) is 20.0. The van der Waals surface area contributed by atoms with Crippen molar-refractivity contribution in [2.45, 2.75) is 19.8 Å². The summed E-state index contributed by atoms with van der Waals surface area (Å²) in [5.74, 6) is 0.899. The fourth-order valence-electron chi connectivity index (χ4n) is 2.80. The lowest BCUT2D eigenvalue weighted by atomic mass is 9.95. The van der Waals surface area contributed by atoms with Gasteiger partial charge in [0, 0.05) is 24.7 Å². The molecule has 0 atom stereocenters. The molecule has 0 radical (unpaired) electrons. The zero-order valence-electron chi connectivity index (χ0n) is 13.6. The third kappa shape index (κ3) is 3.69. The zero-order chi connectivity index (χ0) is 16.9. The van der Waals surface area contributed by atoms with Gasteiger partial charge in [0.05, 0.1) is 17.3 Å². The van der Waals surface area contributed by atoms with Crippen LogP contribution in [-0.2, 0) is 4.79 Å². The number of aromatic nitrogens is 2. The van der Waals surface area contributed by atoms with E-state index in [9.17, 15) is 4.79 Å². The zero-order valence-corrected chi connectivity index (χ0v) is 13.6. The SMILES string of the molecule is Cc1ccc(N2CCC(C(=O)Nc3ccc(C#N)cc3)CC2)nn1. The van der Waals surface area contributed by atoms with Crippen LogP contribution >= 0.6 is 0 Å². The molecular formula is C18H19N5O. The molecule has 1 saturated heterocycles. The second-order valence-electron chi connectivity index (χ2n) is 5.97. The predicted molar refractivity (Wildman–Crippen MR) is 91.5 cm³/mol. The topological polar surface area (TPSA) is 81.9 Å². The Labute approximate surface area is 141 Å². The molecule has 6 nitrogen and oxygen atoms in total. The normalized spacial score (nSPS) is 14.9. The van der Waals surface area contributed by atoms with Crippen LogP contribution in [0.4, 0.5) is 11.5 Å². The van der Waals surface area contributed by atoms with Gasteiger partial charge in [-0.3, -0.25) is 4.79 Å². The number of nitrogens with one attached hydrogen (secondary N) is 1. The number of amides is 1. The van der Waals surface area contributed by atoms with Crippen LogP contribution in [0.25, 0.3) is 0 Å². The molecule has 0 aliphatic carbocycles. The molecule has 1 aromatic heterocycles. The van der Waals surface area contributed by atoms with Gasteiger partial charge < -0.3 is 10.2 Å². The molecule has 1 aliphatic heterocycles. The molecule has 2 heterocycles. The Balaban J connectivity index is 1.54. The van der Waals surface area contributed by atoms with Crippen LogP contribution in [0.3, 0.4) is 0 Å². The quantitative estimate of drug-likeness (QED) is 0.939. The van der Waals surface area contributed by atoms with E-state index >= 15 is 0 Å². The lowest BCUT2D eigenvalue weighted by Gasteiger charge is -2.31. The third-order valence-corrected chi connectivity index (χ3v) is 4.26. The van der Waals surface area contributed by atoms with Crippen LogP contribution in [0.2, 0.25) is 0 Å². The molecule has 122 valence electrons. The van der Waals surface area contributed by atoms with E-state index < -0.39 is 0 Å². The van der Waals surface area contributed by atoms with Gasteiger partial charge in [0.15, 0.2) is 5.82 Å². The molecule has 0 saturated carbocycles. The van der Waals surface area contributed by atoms with E-state index in [0.29, 0.717) is 5.56 Å². The van der Waals surface area contributed by atoms with Crippen molar-refractivity contribution in [2.75, 3.05) is 23.3 Å². The van der Waals surface area contributed by atoms with Gasteiger partial charge in [0.1, 0.15) is 0 Å². The maximum absolute atomic E-state index is 12.4. The van der Waals surface area contributed by atoms with Gasteiger partial charge in [0.2, 0.25) is 5.91 Å². The molecule has 1 amide bonds. The highest BCUT2D eigenvalue weighted by Crippen LogP contribution is 2.23. The highest BCUT2D eigenvalue weighted by atomic mass is 16.1. The molecule has 0 bridgehead atoms. The van der Waals surface area contributed by atoms with Gasteiger partial charge in [-0.15, -0.1) is 5.10 Å². The number of anilines is 2. The summed E-state index contributed by atoms with van der Waals surface area (Å²) in [7, 11) is 0. The number of hydrogen-bond donors (Lipinski definition) is 1. The third-order valence-electron chi connectivity index (χ3n) is 4.26. The van der Waals surface area contributed by atoms with Crippen molar-refractivity contribution in [3.05, 3.63) is 47.7 Å². The highest BCUT2D eigenvalue weighted by Gasteiger charge is 2.25. The molecule has 1 fully saturated rings. The fraction of sp³-hybridized carbons (Fsp3) is 0.333. The molecule has 2 aromatic rings. The van der Waals surface area contributed by atoms with Gasteiger partial charge in [-0.05, 0) is 56.2 Å². The summed E-state index contributed by atoms with van der Waals surface area (Å²) in [6.45, 7) is 3.50. The Hall–Kier alpha value is -2.94. The molecule has 1 N–H and O–H groups in total. The van der Waals surface area contributed by atoms with E-state index in [1.807, 2.05) is 19.1 Å². The Bertz CT molecular complexity index is 740. The number of carbonyl (C=O) groups excluding carboxylic acids is 1. The number of nitriles is 1. The number of benzene rings is 1. The first-order chi connectivity index (χ1) is 11.7. The molecule has 6 heteroatoms. The summed E-state index contributed by atoms with van der Waals surface area (Å²) < 4.78 is 0. The molecule has 24 heavy (non-hydrogen) atoms. The second-order valence-corrected chi connectivity index (χ2v) is 5.97. The highest BCUT2D eigenvalue weighted by molar-refractivity contribution is 5.92. The van der Waals surface area contributed by atoms with Crippen LogP contribution in [-0.4, -0.2) is 29.2 Å². The largest absolute Gasteiger partial charge is 0.355 e. The van der Waals surface area contributed by atoms with Crippen molar-refractivity contribution in [2.24, 2.45) is 5.92 Å². The minimum Gasteiger partial charge on any atom is -0.355 e. The van der Waals surface area contributed by atoms with E-state index in [1.54, 1.807) is 24.3 Å². The summed E-state index contributed by atoms with van der Waals surface area (Å²) in [4.78, 5) is 14.6. The Morgan fingerprint density at radius 2 is 1.88 bits per heavy atom. The first-order valence-electron chi connectivity index (χ1n) is 8.02. The molecule has 1 aromatic carbocycles. The molecule has 0 spiro atoms.